The zero-order valence-corrected chi connectivity index (χ0v) is 5.18. The number of rotatable bonds is 3. The van der Waals surface area contributed by atoms with Gasteiger partial charge in [0.15, 0.2) is 0 Å². The summed E-state index contributed by atoms with van der Waals surface area (Å²) in [5, 5.41) is 0. The highest BCUT2D eigenvalue weighted by Gasteiger charge is 1.86. The molecule has 3 heteroatoms. The van der Waals surface area contributed by atoms with Gasteiger partial charge in [0.05, 0.1) is 14.2 Å². The van der Waals surface area contributed by atoms with Gasteiger partial charge < -0.3 is 15.2 Å². The van der Waals surface area contributed by atoms with Crippen molar-refractivity contribution >= 4 is 0 Å². The summed E-state index contributed by atoms with van der Waals surface area (Å²) < 4.78 is 9.40. The average molecular weight is 117 g/mol. The van der Waals surface area contributed by atoms with E-state index in [2.05, 4.69) is 0 Å². The Bertz CT molecular complexity index is 74.5. The Labute approximate surface area is 49.1 Å². The maximum atomic E-state index is 5.14. The fourth-order valence-electron chi connectivity index (χ4n) is 0.346. The summed E-state index contributed by atoms with van der Waals surface area (Å²) in [5.74, 6) is 0.465. The van der Waals surface area contributed by atoms with Crippen LogP contribution >= 0.6 is 0 Å². The van der Waals surface area contributed by atoms with Crippen molar-refractivity contribution in [3.63, 3.8) is 0 Å². The van der Waals surface area contributed by atoms with Gasteiger partial charge in [0.1, 0.15) is 0 Å². The molecule has 0 aromatic rings. The summed E-state index contributed by atoms with van der Waals surface area (Å²) in [6, 6.07) is 0. The minimum absolute atomic E-state index is 0.441. The van der Waals surface area contributed by atoms with Gasteiger partial charge in [-0.25, -0.2) is 0 Å². The summed E-state index contributed by atoms with van der Waals surface area (Å²) in [5.41, 5.74) is 5.14. The molecule has 8 heavy (non-hydrogen) atoms. The average Bonchev–Trinajstić information content (AvgIpc) is 1.83. The highest BCUT2D eigenvalue weighted by molar-refractivity contribution is 4.83. The van der Waals surface area contributed by atoms with Gasteiger partial charge in [0, 0.05) is 12.6 Å². The second-order valence-corrected chi connectivity index (χ2v) is 1.17. The Hall–Kier alpha value is -0.700. The second-order valence-electron chi connectivity index (χ2n) is 1.17. The van der Waals surface area contributed by atoms with Gasteiger partial charge in [0.25, 0.3) is 5.95 Å². The van der Waals surface area contributed by atoms with E-state index in [1.165, 1.54) is 14.2 Å². The first-order valence-electron chi connectivity index (χ1n) is 2.33. The Morgan fingerprint density at radius 3 is 2.12 bits per heavy atom. The monoisotopic (exact) mass is 117 g/mol. The molecule has 0 fully saturated rings. The lowest BCUT2D eigenvalue weighted by Gasteiger charge is -2.00. The predicted molar refractivity (Wildman–Crippen MR) is 31.2 cm³/mol. The maximum Gasteiger partial charge on any atom is 0.275 e. The third-order valence-electron chi connectivity index (χ3n) is 0.687. The minimum Gasteiger partial charge on any atom is -0.469 e. The predicted octanol–water partition coefficient (Wildman–Crippen LogP) is 0.0793. The molecule has 0 atom stereocenters. The lowest BCUT2D eigenvalue weighted by atomic mass is 10.6. The van der Waals surface area contributed by atoms with Crippen LogP contribution in [0.3, 0.4) is 0 Å². The Balaban J connectivity index is 3.49. The van der Waals surface area contributed by atoms with Crippen molar-refractivity contribution in [2.24, 2.45) is 5.73 Å². The number of hydrogen-bond acceptors (Lipinski definition) is 3. The van der Waals surface area contributed by atoms with Gasteiger partial charge in [-0.05, 0) is 0 Å². The van der Waals surface area contributed by atoms with Crippen LogP contribution in [0.4, 0.5) is 0 Å². The number of methoxy groups -OCH3 is 2. The first kappa shape index (κ1) is 7.30. The fraction of sp³-hybridized carbons (Fsp3) is 0.600. The minimum atomic E-state index is 0.441. The molecule has 0 rings (SSSR count). The quantitative estimate of drug-likeness (QED) is 0.532. The molecule has 2 N–H and O–H groups in total. The van der Waals surface area contributed by atoms with Crippen molar-refractivity contribution in [3.05, 3.63) is 12.0 Å². The topological polar surface area (TPSA) is 44.5 Å². The largest absolute Gasteiger partial charge is 0.469 e. The Kier molecular flexibility index (Phi) is 4.07. The molecule has 0 unspecified atom stereocenters. The molecule has 3 nitrogen and oxygen atoms in total. The SMILES string of the molecule is COC(=CCN)OC. The third-order valence-corrected chi connectivity index (χ3v) is 0.687. The molecule has 0 aromatic carbocycles. The summed E-state index contributed by atoms with van der Waals surface area (Å²) in [6.07, 6.45) is 1.65. The number of hydrogen-bond donors (Lipinski definition) is 1. The summed E-state index contributed by atoms with van der Waals surface area (Å²) in [4.78, 5) is 0. The van der Waals surface area contributed by atoms with Crippen molar-refractivity contribution in [3.8, 4) is 0 Å². The molecule has 0 aliphatic carbocycles. The van der Waals surface area contributed by atoms with Crippen molar-refractivity contribution in [2.45, 2.75) is 0 Å². The highest BCUT2D eigenvalue weighted by atomic mass is 16.7. The van der Waals surface area contributed by atoms with E-state index < -0.39 is 0 Å². The van der Waals surface area contributed by atoms with Crippen LogP contribution in [0.1, 0.15) is 0 Å². The van der Waals surface area contributed by atoms with Crippen LogP contribution in [-0.2, 0) is 9.47 Å². The molecule has 0 saturated heterocycles. The first-order valence-corrected chi connectivity index (χ1v) is 2.33. The van der Waals surface area contributed by atoms with E-state index in [0.717, 1.165) is 0 Å². The van der Waals surface area contributed by atoms with Crippen LogP contribution in [-0.4, -0.2) is 20.8 Å². The van der Waals surface area contributed by atoms with Crippen LogP contribution in [0.2, 0.25) is 0 Å². The van der Waals surface area contributed by atoms with Gasteiger partial charge in [-0.2, -0.15) is 0 Å². The van der Waals surface area contributed by atoms with Gasteiger partial charge in [0.2, 0.25) is 0 Å². The highest BCUT2D eigenvalue weighted by Crippen LogP contribution is 1.91. The zero-order chi connectivity index (χ0) is 6.41. The second kappa shape index (κ2) is 4.46. The van der Waals surface area contributed by atoms with Crippen molar-refractivity contribution in [1.82, 2.24) is 0 Å². The number of nitrogens with two attached hydrogens (primary N) is 1. The van der Waals surface area contributed by atoms with Crippen LogP contribution in [0.5, 0.6) is 0 Å². The van der Waals surface area contributed by atoms with Gasteiger partial charge >= 0.3 is 0 Å². The molecular formula is C5H11NO2. The van der Waals surface area contributed by atoms with Gasteiger partial charge in [-0.15, -0.1) is 0 Å². The lowest BCUT2D eigenvalue weighted by molar-refractivity contribution is 0.0945. The fourth-order valence-corrected chi connectivity index (χ4v) is 0.346. The molecule has 0 aromatic heterocycles. The lowest BCUT2D eigenvalue weighted by Crippen LogP contribution is -1.98. The van der Waals surface area contributed by atoms with Gasteiger partial charge in [-0.3, -0.25) is 0 Å². The van der Waals surface area contributed by atoms with Crippen LogP contribution in [0.25, 0.3) is 0 Å². The molecule has 0 radical (unpaired) electrons. The molecule has 0 heterocycles. The Morgan fingerprint density at radius 2 is 2.00 bits per heavy atom. The van der Waals surface area contributed by atoms with E-state index in [1.807, 2.05) is 0 Å². The number of ether oxygens (including phenoxy) is 2. The van der Waals surface area contributed by atoms with E-state index in [4.69, 9.17) is 15.2 Å². The first-order chi connectivity index (χ1) is 3.85. The molecule has 0 saturated carbocycles. The summed E-state index contributed by atoms with van der Waals surface area (Å²) >= 11 is 0. The summed E-state index contributed by atoms with van der Waals surface area (Å²) in [6.45, 7) is 0.441. The van der Waals surface area contributed by atoms with Crippen molar-refractivity contribution in [1.29, 1.82) is 0 Å². The van der Waals surface area contributed by atoms with E-state index in [9.17, 15) is 0 Å². The maximum absolute atomic E-state index is 5.14. The van der Waals surface area contributed by atoms with Crippen molar-refractivity contribution in [2.75, 3.05) is 20.8 Å². The molecule has 0 amide bonds. The molecule has 0 spiro atoms. The standard InChI is InChI=1S/C5H11NO2/c1-7-5(8-2)3-4-6/h3H,4,6H2,1-2H3. The third kappa shape index (κ3) is 2.47. The van der Waals surface area contributed by atoms with Crippen LogP contribution in [0, 0.1) is 0 Å². The smallest absolute Gasteiger partial charge is 0.275 e. The molecule has 0 aliphatic heterocycles. The molecule has 0 aliphatic rings. The van der Waals surface area contributed by atoms with Crippen LogP contribution < -0.4 is 5.73 Å². The molecule has 0 bridgehead atoms. The van der Waals surface area contributed by atoms with E-state index in [-0.39, 0.29) is 0 Å². The van der Waals surface area contributed by atoms with Crippen molar-refractivity contribution < 1.29 is 9.47 Å². The zero-order valence-electron chi connectivity index (χ0n) is 5.18. The Morgan fingerprint density at radius 1 is 1.50 bits per heavy atom. The van der Waals surface area contributed by atoms with Crippen LogP contribution in [0.15, 0.2) is 12.0 Å². The summed E-state index contributed by atoms with van der Waals surface area (Å²) in [7, 11) is 3.07. The van der Waals surface area contributed by atoms with E-state index in [0.29, 0.717) is 12.5 Å². The van der Waals surface area contributed by atoms with Gasteiger partial charge in [-0.1, -0.05) is 0 Å². The molecular weight excluding hydrogens is 106 g/mol. The normalized spacial score (nSPS) is 7.88. The van der Waals surface area contributed by atoms with E-state index in [1.54, 1.807) is 6.08 Å². The van der Waals surface area contributed by atoms with E-state index >= 15 is 0 Å². The molecule has 48 valence electrons.